The van der Waals surface area contributed by atoms with E-state index in [1.807, 2.05) is 47.6 Å². The highest BCUT2D eigenvalue weighted by Crippen LogP contribution is 2.41. The third-order valence-corrected chi connectivity index (χ3v) is 7.26. The molecule has 0 aromatic carbocycles. The predicted octanol–water partition coefficient (Wildman–Crippen LogP) is 3.96. The molecule has 0 amide bonds. The number of ether oxygens (including phenoxy) is 4. The molecule has 1 aromatic rings. The monoisotopic (exact) mass is 561 g/mol. The van der Waals surface area contributed by atoms with E-state index in [0.717, 1.165) is 23.1 Å². The average molecular weight is 562 g/mol. The molecule has 0 saturated carbocycles. The number of aliphatic hydroxyl groups is 4. The van der Waals surface area contributed by atoms with Gasteiger partial charge in [0.1, 0.15) is 18.3 Å². The van der Waals surface area contributed by atoms with Crippen LogP contribution in [0.1, 0.15) is 59.2 Å². The van der Waals surface area contributed by atoms with Gasteiger partial charge in [-0.15, -0.1) is 0 Å². The van der Waals surface area contributed by atoms with Crippen molar-refractivity contribution in [2.75, 3.05) is 14.2 Å². The Morgan fingerprint density at radius 3 is 2.33 bits per heavy atom. The third kappa shape index (κ3) is 8.41. The molecule has 0 unspecified atom stereocenters. The Kier molecular flexibility index (Phi) is 12.9. The molecule has 1 fully saturated rings. The second-order valence-corrected chi connectivity index (χ2v) is 10.5. The first-order chi connectivity index (χ1) is 18.9. The largest absolute Gasteiger partial charge is 0.489 e. The van der Waals surface area contributed by atoms with Crippen LogP contribution >= 0.6 is 0 Å². The minimum Gasteiger partial charge on any atom is -0.489 e. The Hall–Kier alpha value is -2.69. The van der Waals surface area contributed by atoms with Crippen LogP contribution in [-0.4, -0.2) is 76.4 Å². The van der Waals surface area contributed by atoms with Gasteiger partial charge in [0.2, 0.25) is 12.0 Å². The smallest absolute Gasteiger partial charge is 0.261 e. The molecule has 0 spiro atoms. The van der Waals surface area contributed by atoms with Crippen molar-refractivity contribution in [3.63, 3.8) is 0 Å². The molecule has 40 heavy (non-hydrogen) atoms. The molecular formula is C31H47NO8. The van der Waals surface area contributed by atoms with Crippen molar-refractivity contribution in [2.24, 2.45) is 5.92 Å². The number of aromatic nitrogens is 1. The van der Waals surface area contributed by atoms with E-state index in [0.29, 0.717) is 17.7 Å². The maximum Gasteiger partial charge on any atom is 0.261 e. The predicted molar refractivity (Wildman–Crippen MR) is 155 cm³/mol. The van der Waals surface area contributed by atoms with Crippen molar-refractivity contribution in [3.05, 3.63) is 58.4 Å². The molecule has 0 aliphatic carbocycles. The lowest BCUT2D eigenvalue weighted by Crippen LogP contribution is -2.58. The summed E-state index contributed by atoms with van der Waals surface area (Å²) in [5.41, 5.74) is 4.54. The van der Waals surface area contributed by atoms with E-state index < -0.39 is 36.8 Å². The highest BCUT2D eigenvalue weighted by Gasteiger charge is 2.43. The molecule has 0 bridgehead atoms. The Morgan fingerprint density at radius 1 is 1.05 bits per heavy atom. The number of allylic oxidation sites excluding steroid dienone is 6. The second-order valence-electron chi connectivity index (χ2n) is 10.5. The first-order valence-electron chi connectivity index (χ1n) is 13.6. The fourth-order valence-electron chi connectivity index (χ4n) is 4.47. The molecule has 9 heteroatoms. The quantitative estimate of drug-likeness (QED) is 0.221. The van der Waals surface area contributed by atoms with Crippen molar-refractivity contribution in [2.45, 2.75) is 98.1 Å². The van der Waals surface area contributed by atoms with Gasteiger partial charge in [-0.3, -0.25) is 0 Å². The van der Waals surface area contributed by atoms with Gasteiger partial charge in [-0.1, -0.05) is 48.5 Å². The molecule has 7 atom stereocenters. The number of aliphatic hydroxyl groups excluding tert-OH is 4. The van der Waals surface area contributed by atoms with Crippen molar-refractivity contribution in [3.8, 4) is 17.4 Å². The van der Waals surface area contributed by atoms with Crippen LogP contribution in [0.25, 0.3) is 0 Å². The van der Waals surface area contributed by atoms with Crippen molar-refractivity contribution in [1.82, 2.24) is 4.98 Å². The highest BCUT2D eigenvalue weighted by molar-refractivity contribution is 5.54. The van der Waals surface area contributed by atoms with Crippen LogP contribution in [0.3, 0.4) is 0 Å². The third-order valence-electron chi connectivity index (χ3n) is 7.26. The van der Waals surface area contributed by atoms with Crippen LogP contribution in [0.2, 0.25) is 0 Å². The molecule has 224 valence electrons. The molecule has 4 N–H and O–H groups in total. The minimum absolute atomic E-state index is 0.0182. The van der Waals surface area contributed by atoms with E-state index in [1.165, 1.54) is 14.2 Å². The lowest BCUT2D eigenvalue weighted by atomic mass is 9.96. The number of pyridine rings is 1. The zero-order chi connectivity index (χ0) is 30.1. The summed E-state index contributed by atoms with van der Waals surface area (Å²) in [5.74, 6) is 0.751. The van der Waals surface area contributed by atoms with Gasteiger partial charge in [-0.2, -0.15) is 0 Å². The van der Waals surface area contributed by atoms with E-state index in [2.05, 4.69) is 29.3 Å². The molecule has 0 radical (unpaired) electrons. The van der Waals surface area contributed by atoms with Crippen molar-refractivity contribution in [1.29, 1.82) is 0 Å². The van der Waals surface area contributed by atoms with Crippen molar-refractivity contribution >= 4 is 0 Å². The summed E-state index contributed by atoms with van der Waals surface area (Å²) >= 11 is 0. The fraction of sp³-hybridized carbons (Fsp3) is 0.581. The van der Waals surface area contributed by atoms with Gasteiger partial charge in [0.25, 0.3) is 5.88 Å². The normalized spacial score (nSPS) is 26.1. The number of hydrogen-bond donors (Lipinski definition) is 4. The summed E-state index contributed by atoms with van der Waals surface area (Å²) in [5, 5.41) is 41.0. The van der Waals surface area contributed by atoms with Gasteiger partial charge in [0.05, 0.1) is 32.1 Å². The maximum absolute atomic E-state index is 10.5. The van der Waals surface area contributed by atoms with Gasteiger partial charge >= 0.3 is 0 Å². The highest BCUT2D eigenvalue weighted by atomic mass is 16.7. The number of nitrogens with zero attached hydrogens (tertiary/aromatic N) is 1. The fourth-order valence-corrected chi connectivity index (χ4v) is 4.47. The van der Waals surface area contributed by atoms with Crippen LogP contribution in [-0.2, 0) is 11.2 Å². The molecule has 1 aliphatic heterocycles. The lowest BCUT2D eigenvalue weighted by molar-refractivity contribution is -0.268. The number of methoxy groups -OCH3 is 2. The van der Waals surface area contributed by atoms with Crippen LogP contribution < -0.4 is 14.2 Å². The van der Waals surface area contributed by atoms with E-state index in [1.54, 1.807) is 6.92 Å². The Balaban J connectivity index is 2.20. The molecular weight excluding hydrogens is 514 g/mol. The molecule has 1 saturated heterocycles. The maximum atomic E-state index is 10.5. The Labute approximate surface area is 238 Å². The first kappa shape index (κ1) is 33.5. The second kappa shape index (κ2) is 15.3. The van der Waals surface area contributed by atoms with E-state index in [9.17, 15) is 20.4 Å². The number of rotatable bonds is 12. The van der Waals surface area contributed by atoms with Crippen LogP contribution in [0, 0.1) is 12.8 Å². The summed E-state index contributed by atoms with van der Waals surface area (Å²) in [6, 6.07) is 0. The minimum atomic E-state index is -1.47. The van der Waals surface area contributed by atoms with Crippen LogP contribution in [0.4, 0.5) is 0 Å². The summed E-state index contributed by atoms with van der Waals surface area (Å²) in [7, 11) is 2.93. The summed E-state index contributed by atoms with van der Waals surface area (Å²) < 4.78 is 22.6. The first-order valence-corrected chi connectivity index (χ1v) is 13.6. The topological polar surface area (TPSA) is 131 Å². The molecule has 1 aliphatic rings. The lowest BCUT2D eigenvalue weighted by Gasteiger charge is -2.39. The van der Waals surface area contributed by atoms with Gasteiger partial charge in [0, 0.05) is 17.9 Å². The standard InChI is InChI=1S/C31H47NO8/c1-10-19(4)24(33)20(5)16-18(3)13-11-12-17(2)14-15-23-21(6)28(29(37-8)30(32-23)38-9)40-31-27(36)26(35)25(34)22(7)39-31/h10-11,13-14,16,20,22,24-27,31,33-36H,12,15H2,1-9H3/b13-11+,17-14+,18-16+,19-10+/t20-,22-,24+,25-,26+,27+,31-/m0/s1. The molecule has 2 heterocycles. The molecule has 2 rings (SSSR count). The number of hydrogen-bond acceptors (Lipinski definition) is 9. The van der Waals surface area contributed by atoms with Gasteiger partial charge in [0.15, 0.2) is 5.75 Å². The van der Waals surface area contributed by atoms with E-state index >= 15 is 0 Å². The average Bonchev–Trinajstić information content (AvgIpc) is 2.93. The Morgan fingerprint density at radius 2 is 1.73 bits per heavy atom. The zero-order valence-electron chi connectivity index (χ0n) is 25.2. The summed E-state index contributed by atoms with van der Waals surface area (Å²) in [6.07, 6.45) is 4.85. The van der Waals surface area contributed by atoms with Gasteiger partial charge in [-0.25, -0.2) is 4.98 Å². The Bertz CT molecular complexity index is 1110. The molecule has 1 aromatic heterocycles. The zero-order valence-corrected chi connectivity index (χ0v) is 25.2. The van der Waals surface area contributed by atoms with E-state index in [-0.39, 0.29) is 23.3 Å². The van der Waals surface area contributed by atoms with Crippen LogP contribution in [0.5, 0.6) is 17.4 Å². The molecule has 9 nitrogen and oxygen atoms in total. The van der Waals surface area contributed by atoms with E-state index in [4.69, 9.17) is 18.9 Å². The SMILES string of the molecule is C/C=C(\C)[C@@H](O)[C@@H](C)/C=C(C)/C=C/C/C(C)=C/Cc1nc(OC)c(OC)c(O[C@@H]2O[C@@H](C)[C@H](O)[C@@H](O)[C@H]2O)c1C. The van der Waals surface area contributed by atoms with Gasteiger partial charge in [-0.05, 0) is 53.5 Å². The van der Waals surface area contributed by atoms with Gasteiger partial charge < -0.3 is 39.4 Å². The van der Waals surface area contributed by atoms with Crippen LogP contribution in [0.15, 0.2) is 47.1 Å². The van der Waals surface area contributed by atoms with Crippen molar-refractivity contribution < 1.29 is 39.4 Å². The summed E-state index contributed by atoms with van der Waals surface area (Å²) in [4.78, 5) is 4.61. The summed E-state index contributed by atoms with van der Waals surface area (Å²) in [6.45, 7) is 13.3.